The summed E-state index contributed by atoms with van der Waals surface area (Å²) < 4.78 is 41.7. The summed E-state index contributed by atoms with van der Waals surface area (Å²) in [6.07, 6.45) is 0. The van der Waals surface area contributed by atoms with Crippen molar-refractivity contribution in [3.8, 4) is 0 Å². The maximum Gasteiger partial charge on any atom is 0.265 e. The first kappa shape index (κ1) is 16.3. The molecule has 0 saturated carbocycles. The summed E-state index contributed by atoms with van der Waals surface area (Å²) in [4.78, 5) is -0.0886. The summed E-state index contributed by atoms with van der Waals surface area (Å²) >= 11 is 6.40. The SMILES string of the molecule is Cc1c(F)cccc1NS(=O)(=O)c1c(N)cc(Br)cc1Br. The molecule has 0 aliphatic rings. The van der Waals surface area contributed by atoms with Crippen LogP contribution in [0.1, 0.15) is 5.56 Å². The Morgan fingerprint density at radius 2 is 1.90 bits per heavy atom. The van der Waals surface area contributed by atoms with Crippen molar-refractivity contribution in [3.63, 3.8) is 0 Å². The standard InChI is InChI=1S/C13H11Br2FN2O2S/c1-7-10(16)3-2-4-12(7)18-21(19,20)13-9(15)5-8(14)6-11(13)17/h2-6,18H,17H2,1H3. The Bertz CT molecular complexity index is 787. The minimum atomic E-state index is -3.94. The van der Waals surface area contributed by atoms with E-state index in [1.807, 2.05) is 0 Å². The molecule has 112 valence electrons. The van der Waals surface area contributed by atoms with Gasteiger partial charge in [0.15, 0.2) is 0 Å². The number of halogens is 3. The van der Waals surface area contributed by atoms with Crippen molar-refractivity contribution in [3.05, 3.63) is 50.7 Å². The van der Waals surface area contributed by atoms with Crippen LogP contribution in [-0.4, -0.2) is 8.42 Å². The number of nitrogens with two attached hydrogens (primary N) is 1. The lowest BCUT2D eigenvalue weighted by Crippen LogP contribution is -2.16. The molecule has 0 aromatic heterocycles. The largest absolute Gasteiger partial charge is 0.398 e. The van der Waals surface area contributed by atoms with Crippen molar-refractivity contribution in [2.24, 2.45) is 0 Å². The number of anilines is 2. The van der Waals surface area contributed by atoms with Gasteiger partial charge in [0.1, 0.15) is 10.7 Å². The van der Waals surface area contributed by atoms with Crippen molar-refractivity contribution < 1.29 is 12.8 Å². The van der Waals surface area contributed by atoms with Gasteiger partial charge in [-0.25, -0.2) is 12.8 Å². The van der Waals surface area contributed by atoms with Gasteiger partial charge < -0.3 is 5.73 Å². The minimum absolute atomic E-state index is 0.0813. The van der Waals surface area contributed by atoms with Crippen LogP contribution in [0.15, 0.2) is 44.2 Å². The molecule has 3 N–H and O–H groups in total. The fourth-order valence-electron chi connectivity index (χ4n) is 1.78. The van der Waals surface area contributed by atoms with Gasteiger partial charge in [0, 0.05) is 14.5 Å². The molecule has 0 amide bonds. The van der Waals surface area contributed by atoms with Crippen LogP contribution >= 0.6 is 31.9 Å². The Kier molecular flexibility index (Phi) is 4.60. The van der Waals surface area contributed by atoms with Crippen LogP contribution in [0.5, 0.6) is 0 Å². The highest BCUT2D eigenvalue weighted by Gasteiger charge is 2.22. The molecule has 21 heavy (non-hydrogen) atoms. The van der Waals surface area contributed by atoms with Crippen molar-refractivity contribution in [1.29, 1.82) is 0 Å². The van der Waals surface area contributed by atoms with E-state index in [0.717, 1.165) is 0 Å². The van der Waals surface area contributed by atoms with Gasteiger partial charge in [-0.1, -0.05) is 22.0 Å². The number of hydrogen-bond acceptors (Lipinski definition) is 3. The van der Waals surface area contributed by atoms with Crippen LogP contribution in [0.2, 0.25) is 0 Å². The highest BCUT2D eigenvalue weighted by atomic mass is 79.9. The van der Waals surface area contributed by atoms with Gasteiger partial charge >= 0.3 is 0 Å². The number of nitrogens with one attached hydrogen (secondary N) is 1. The van der Waals surface area contributed by atoms with Gasteiger partial charge in [0.05, 0.1) is 11.4 Å². The average molecular weight is 438 g/mol. The van der Waals surface area contributed by atoms with Crippen LogP contribution in [0.4, 0.5) is 15.8 Å². The molecular formula is C13H11Br2FN2O2S. The minimum Gasteiger partial charge on any atom is -0.398 e. The zero-order valence-corrected chi connectivity index (χ0v) is 14.8. The van der Waals surface area contributed by atoms with Crippen molar-refractivity contribution >= 4 is 53.3 Å². The van der Waals surface area contributed by atoms with Gasteiger partial charge in [0.25, 0.3) is 10.0 Å². The number of rotatable bonds is 3. The summed E-state index contributed by atoms with van der Waals surface area (Å²) in [6.45, 7) is 1.49. The lowest BCUT2D eigenvalue weighted by molar-refractivity contribution is 0.600. The van der Waals surface area contributed by atoms with E-state index >= 15 is 0 Å². The molecule has 8 heteroatoms. The van der Waals surface area contributed by atoms with Crippen LogP contribution in [0, 0.1) is 12.7 Å². The Hall–Kier alpha value is -1.12. The second kappa shape index (κ2) is 5.94. The molecule has 0 bridgehead atoms. The molecule has 0 radical (unpaired) electrons. The topological polar surface area (TPSA) is 72.2 Å². The van der Waals surface area contributed by atoms with Gasteiger partial charge in [-0.05, 0) is 47.1 Å². The van der Waals surface area contributed by atoms with Crippen molar-refractivity contribution in [1.82, 2.24) is 0 Å². The quantitative estimate of drug-likeness (QED) is 0.711. The summed E-state index contributed by atoms with van der Waals surface area (Å²) in [5.74, 6) is -0.488. The van der Waals surface area contributed by atoms with Gasteiger partial charge in [0.2, 0.25) is 0 Å². The van der Waals surface area contributed by atoms with Crippen molar-refractivity contribution in [2.45, 2.75) is 11.8 Å². The summed E-state index contributed by atoms with van der Waals surface area (Å²) in [6, 6.07) is 7.23. The number of sulfonamides is 1. The highest BCUT2D eigenvalue weighted by molar-refractivity contribution is 9.11. The van der Waals surface area contributed by atoms with E-state index in [4.69, 9.17) is 5.73 Å². The highest BCUT2D eigenvalue weighted by Crippen LogP contribution is 2.33. The number of nitrogen functional groups attached to an aromatic ring is 1. The van der Waals surface area contributed by atoms with E-state index in [2.05, 4.69) is 36.6 Å². The normalized spacial score (nSPS) is 11.4. The third kappa shape index (κ3) is 3.38. The van der Waals surface area contributed by atoms with E-state index in [1.54, 1.807) is 6.07 Å². The van der Waals surface area contributed by atoms with Crippen LogP contribution < -0.4 is 10.5 Å². The molecular weight excluding hydrogens is 427 g/mol. The Morgan fingerprint density at radius 1 is 1.24 bits per heavy atom. The van der Waals surface area contributed by atoms with E-state index in [0.29, 0.717) is 8.95 Å². The lowest BCUT2D eigenvalue weighted by atomic mass is 10.2. The second-order valence-electron chi connectivity index (χ2n) is 4.32. The van der Waals surface area contributed by atoms with Crippen LogP contribution in [-0.2, 0) is 10.0 Å². The first-order chi connectivity index (χ1) is 9.72. The summed E-state index contributed by atoms with van der Waals surface area (Å²) in [5.41, 5.74) is 6.24. The van der Waals surface area contributed by atoms with Gasteiger partial charge in [-0.15, -0.1) is 0 Å². The molecule has 0 atom stereocenters. The van der Waals surface area contributed by atoms with E-state index in [9.17, 15) is 12.8 Å². The van der Waals surface area contributed by atoms with E-state index in [1.165, 1.54) is 31.2 Å². The number of hydrogen-bond donors (Lipinski definition) is 2. The van der Waals surface area contributed by atoms with Gasteiger partial charge in [-0.3, -0.25) is 4.72 Å². The Balaban J connectivity index is 2.51. The predicted molar refractivity (Wildman–Crippen MR) is 88.2 cm³/mol. The molecule has 0 saturated heterocycles. The third-order valence-corrected chi connectivity index (χ3v) is 5.65. The molecule has 2 aromatic rings. The van der Waals surface area contributed by atoms with Crippen molar-refractivity contribution in [2.75, 3.05) is 10.5 Å². The maximum atomic E-state index is 13.5. The maximum absolute atomic E-state index is 13.5. The molecule has 2 aromatic carbocycles. The number of benzene rings is 2. The summed E-state index contributed by atoms with van der Waals surface area (Å²) in [5, 5.41) is 0. The summed E-state index contributed by atoms with van der Waals surface area (Å²) in [7, 11) is -3.94. The fraction of sp³-hybridized carbons (Fsp3) is 0.0769. The molecule has 0 aliphatic heterocycles. The molecule has 0 spiro atoms. The second-order valence-corrected chi connectivity index (χ2v) is 7.71. The Labute approximate surface area is 138 Å². The zero-order valence-electron chi connectivity index (χ0n) is 10.8. The monoisotopic (exact) mass is 436 g/mol. The van der Waals surface area contributed by atoms with Gasteiger partial charge in [-0.2, -0.15) is 0 Å². The lowest BCUT2D eigenvalue weighted by Gasteiger charge is -2.14. The fourth-order valence-corrected chi connectivity index (χ4v) is 4.97. The van der Waals surface area contributed by atoms with Crippen LogP contribution in [0.25, 0.3) is 0 Å². The first-order valence-electron chi connectivity index (χ1n) is 5.75. The smallest absolute Gasteiger partial charge is 0.265 e. The molecule has 0 heterocycles. The zero-order chi connectivity index (χ0) is 15.8. The van der Waals surface area contributed by atoms with Crippen LogP contribution in [0.3, 0.4) is 0 Å². The third-order valence-electron chi connectivity index (χ3n) is 2.82. The average Bonchev–Trinajstić information content (AvgIpc) is 2.33. The molecule has 0 unspecified atom stereocenters. The molecule has 0 fully saturated rings. The van der Waals surface area contributed by atoms with E-state index < -0.39 is 15.8 Å². The Morgan fingerprint density at radius 3 is 2.52 bits per heavy atom. The predicted octanol–water partition coefficient (Wildman–Crippen LogP) is 4.04. The molecule has 2 rings (SSSR count). The first-order valence-corrected chi connectivity index (χ1v) is 8.82. The van der Waals surface area contributed by atoms with E-state index in [-0.39, 0.29) is 21.8 Å². The molecule has 0 aliphatic carbocycles. The molecule has 4 nitrogen and oxygen atoms in total.